The largest absolute Gasteiger partial charge is 0.395 e. The molecular formula is C9H14N2O2S. The van der Waals surface area contributed by atoms with Gasteiger partial charge in [0.1, 0.15) is 5.03 Å². The molecule has 0 fully saturated rings. The van der Waals surface area contributed by atoms with Gasteiger partial charge in [-0.3, -0.25) is 9.48 Å². The predicted octanol–water partition coefficient (Wildman–Crippen LogP) is 1.01. The molecule has 0 amide bonds. The zero-order valence-electron chi connectivity index (χ0n) is 8.52. The lowest BCUT2D eigenvalue weighted by atomic mass is 10.3. The number of aliphatic hydroxyl groups is 1. The summed E-state index contributed by atoms with van der Waals surface area (Å²) >= 11 is 1.46. The summed E-state index contributed by atoms with van der Waals surface area (Å²) in [6, 6.07) is 0. The van der Waals surface area contributed by atoms with Crippen LogP contribution >= 0.6 is 11.8 Å². The molecule has 0 bridgehead atoms. The molecule has 0 saturated carbocycles. The summed E-state index contributed by atoms with van der Waals surface area (Å²) in [6.07, 6.45) is 0.814. The van der Waals surface area contributed by atoms with E-state index in [2.05, 4.69) is 5.10 Å². The first-order chi connectivity index (χ1) is 6.60. The Morgan fingerprint density at radius 3 is 2.86 bits per heavy atom. The van der Waals surface area contributed by atoms with Crippen LogP contribution in [0.4, 0.5) is 0 Å². The van der Waals surface area contributed by atoms with E-state index >= 15 is 0 Å². The van der Waals surface area contributed by atoms with Crippen LogP contribution in [0.2, 0.25) is 0 Å². The third-order valence-electron chi connectivity index (χ3n) is 1.90. The second-order valence-electron chi connectivity index (χ2n) is 3.16. The van der Waals surface area contributed by atoms with E-state index in [-0.39, 0.29) is 11.9 Å². The number of aromatic nitrogens is 2. The normalized spacial score (nSPS) is 12.9. The third kappa shape index (κ3) is 2.16. The molecule has 1 heterocycles. The van der Waals surface area contributed by atoms with Crippen LogP contribution in [-0.4, -0.2) is 33.0 Å². The highest BCUT2D eigenvalue weighted by Gasteiger charge is 2.15. The second-order valence-corrected chi connectivity index (χ2v) is 4.58. The Kier molecular flexibility index (Phi) is 3.71. The number of hydrogen-bond donors (Lipinski definition) is 1. The van der Waals surface area contributed by atoms with Gasteiger partial charge in [-0.15, -0.1) is 11.8 Å². The Hall–Kier alpha value is -0.810. The van der Waals surface area contributed by atoms with Gasteiger partial charge < -0.3 is 5.11 Å². The van der Waals surface area contributed by atoms with E-state index < -0.39 is 0 Å². The molecule has 1 unspecified atom stereocenters. The summed E-state index contributed by atoms with van der Waals surface area (Å²) in [5.41, 5.74) is 1.35. The molecule has 0 aliphatic carbocycles. The molecule has 1 rings (SSSR count). The molecule has 78 valence electrons. The number of aldehydes is 1. The first-order valence-corrected chi connectivity index (χ1v) is 5.24. The molecule has 0 radical (unpaired) electrons. The Balaban J connectivity index is 3.00. The fourth-order valence-corrected chi connectivity index (χ4v) is 2.13. The number of carbonyl (C=O) groups is 1. The van der Waals surface area contributed by atoms with Crippen LogP contribution in [0.5, 0.6) is 0 Å². The van der Waals surface area contributed by atoms with Crippen molar-refractivity contribution in [2.45, 2.75) is 24.1 Å². The van der Waals surface area contributed by atoms with Gasteiger partial charge in [-0.1, -0.05) is 6.92 Å². The molecule has 0 saturated heterocycles. The van der Waals surface area contributed by atoms with Gasteiger partial charge >= 0.3 is 0 Å². The van der Waals surface area contributed by atoms with Crippen LogP contribution in [0, 0.1) is 6.92 Å². The number of rotatable bonds is 4. The molecule has 1 aromatic heterocycles. The summed E-state index contributed by atoms with van der Waals surface area (Å²) in [5.74, 6) is 0. The van der Waals surface area contributed by atoms with Crippen LogP contribution < -0.4 is 0 Å². The van der Waals surface area contributed by atoms with Gasteiger partial charge in [0, 0.05) is 12.3 Å². The quantitative estimate of drug-likeness (QED) is 0.600. The molecule has 0 aliphatic rings. The van der Waals surface area contributed by atoms with E-state index in [1.165, 1.54) is 11.8 Å². The first-order valence-electron chi connectivity index (χ1n) is 4.36. The van der Waals surface area contributed by atoms with Crippen molar-refractivity contribution in [3.05, 3.63) is 11.3 Å². The topological polar surface area (TPSA) is 55.1 Å². The average molecular weight is 214 g/mol. The third-order valence-corrected chi connectivity index (χ3v) is 3.16. The van der Waals surface area contributed by atoms with Gasteiger partial charge in [-0.05, 0) is 6.92 Å². The molecule has 14 heavy (non-hydrogen) atoms. The minimum Gasteiger partial charge on any atom is -0.395 e. The number of nitrogens with zero attached hydrogens (tertiary/aromatic N) is 2. The Morgan fingerprint density at radius 2 is 2.36 bits per heavy atom. The van der Waals surface area contributed by atoms with E-state index in [0.29, 0.717) is 5.56 Å². The van der Waals surface area contributed by atoms with Crippen LogP contribution in [0.1, 0.15) is 23.0 Å². The number of aryl methyl sites for hydroxylation is 2. The monoisotopic (exact) mass is 214 g/mol. The van der Waals surface area contributed by atoms with E-state index in [0.717, 1.165) is 17.0 Å². The predicted molar refractivity (Wildman–Crippen MR) is 55.7 cm³/mol. The smallest absolute Gasteiger partial charge is 0.154 e. The lowest BCUT2D eigenvalue weighted by Gasteiger charge is -2.07. The highest BCUT2D eigenvalue weighted by molar-refractivity contribution is 7.99. The summed E-state index contributed by atoms with van der Waals surface area (Å²) in [5, 5.41) is 14.0. The number of hydrogen-bond acceptors (Lipinski definition) is 4. The molecule has 0 aliphatic heterocycles. The molecule has 4 nitrogen and oxygen atoms in total. The maximum atomic E-state index is 10.8. The number of aliphatic hydroxyl groups excluding tert-OH is 1. The van der Waals surface area contributed by atoms with Crippen molar-refractivity contribution in [1.82, 2.24) is 9.78 Å². The van der Waals surface area contributed by atoms with Gasteiger partial charge in [0.2, 0.25) is 0 Å². The van der Waals surface area contributed by atoms with Crippen molar-refractivity contribution < 1.29 is 9.90 Å². The Labute approximate surface area is 87.3 Å². The standard InChI is InChI=1S/C9H14N2O2S/c1-6(4-12)14-9-8(5-13)7(2)10-11(9)3/h5-6,12H,4H2,1-3H3. The molecule has 0 aromatic carbocycles. The van der Waals surface area contributed by atoms with Gasteiger partial charge in [0.05, 0.1) is 17.9 Å². The van der Waals surface area contributed by atoms with Gasteiger partial charge in [0.15, 0.2) is 6.29 Å². The van der Waals surface area contributed by atoms with Crippen molar-refractivity contribution in [1.29, 1.82) is 0 Å². The number of carbonyl (C=O) groups excluding carboxylic acids is 1. The zero-order valence-corrected chi connectivity index (χ0v) is 9.34. The molecule has 1 aromatic rings. The van der Waals surface area contributed by atoms with Crippen molar-refractivity contribution in [3.8, 4) is 0 Å². The fraction of sp³-hybridized carbons (Fsp3) is 0.556. The summed E-state index contributed by atoms with van der Waals surface area (Å²) in [6.45, 7) is 3.80. The molecule has 5 heteroatoms. The molecule has 0 spiro atoms. The van der Waals surface area contributed by atoms with Crippen molar-refractivity contribution in [3.63, 3.8) is 0 Å². The van der Waals surface area contributed by atoms with E-state index in [9.17, 15) is 4.79 Å². The minimum atomic E-state index is 0.0727. The number of thioether (sulfide) groups is 1. The van der Waals surface area contributed by atoms with Crippen LogP contribution in [0.3, 0.4) is 0 Å². The molecule has 1 atom stereocenters. The second kappa shape index (κ2) is 4.61. The Morgan fingerprint density at radius 1 is 1.71 bits per heavy atom. The average Bonchev–Trinajstić information content (AvgIpc) is 2.41. The first kappa shape index (κ1) is 11.3. The van der Waals surface area contributed by atoms with E-state index in [1.807, 2.05) is 6.92 Å². The fourth-order valence-electron chi connectivity index (χ4n) is 1.16. The van der Waals surface area contributed by atoms with E-state index in [4.69, 9.17) is 5.11 Å². The summed E-state index contributed by atoms with van der Waals surface area (Å²) in [4.78, 5) is 10.8. The van der Waals surface area contributed by atoms with Crippen LogP contribution in [0.15, 0.2) is 5.03 Å². The Bertz CT molecular complexity index is 336. The van der Waals surface area contributed by atoms with Gasteiger partial charge in [0.25, 0.3) is 0 Å². The molecule has 1 N–H and O–H groups in total. The minimum absolute atomic E-state index is 0.0727. The SMILES string of the molecule is Cc1nn(C)c(SC(C)CO)c1C=O. The van der Waals surface area contributed by atoms with Gasteiger partial charge in [-0.2, -0.15) is 5.10 Å². The lowest BCUT2D eigenvalue weighted by molar-refractivity contribution is 0.112. The highest BCUT2D eigenvalue weighted by Crippen LogP contribution is 2.26. The van der Waals surface area contributed by atoms with Crippen molar-refractivity contribution in [2.75, 3.05) is 6.61 Å². The lowest BCUT2D eigenvalue weighted by Crippen LogP contribution is -2.05. The van der Waals surface area contributed by atoms with E-state index in [1.54, 1.807) is 18.7 Å². The molecular weight excluding hydrogens is 200 g/mol. The van der Waals surface area contributed by atoms with Crippen molar-refractivity contribution in [2.24, 2.45) is 7.05 Å². The van der Waals surface area contributed by atoms with Crippen LogP contribution in [-0.2, 0) is 7.05 Å². The highest BCUT2D eigenvalue weighted by atomic mass is 32.2. The van der Waals surface area contributed by atoms with Gasteiger partial charge in [-0.25, -0.2) is 0 Å². The summed E-state index contributed by atoms with van der Waals surface area (Å²) in [7, 11) is 1.80. The van der Waals surface area contributed by atoms with Crippen molar-refractivity contribution >= 4 is 18.0 Å². The maximum absolute atomic E-state index is 10.8. The van der Waals surface area contributed by atoms with Crippen LogP contribution in [0.25, 0.3) is 0 Å². The maximum Gasteiger partial charge on any atom is 0.154 e. The zero-order chi connectivity index (χ0) is 10.7. The summed E-state index contributed by atoms with van der Waals surface area (Å²) < 4.78 is 1.68.